The van der Waals surface area contributed by atoms with Crippen LogP contribution < -0.4 is 5.32 Å². The first-order chi connectivity index (χ1) is 30.7. The van der Waals surface area contributed by atoms with Gasteiger partial charge in [-0.15, -0.1) is 0 Å². The highest BCUT2D eigenvalue weighted by atomic mass is 16.7. The summed E-state index contributed by atoms with van der Waals surface area (Å²) in [5, 5.41) is 49.2. The van der Waals surface area contributed by atoms with E-state index >= 15 is 0 Å². The van der Waals surface area contributed by atoms with Crippen LogP contribution in [-0.4, -0.2) is 161 Å². The van der Waals surface area contributed by atoms with E-state index in [1.807, 2.05) is 46.7 Å². The molecule has 0 aliphatic carbocycles. The van der Waals surface area contributed by atoms with Crippen molar-refractivity contribution in [3.8, 4) is 0 Å². The average molecular weight is 940 g/mol. The topological polar surface area (TPSA) is 244 Å². The molecule has 3 saturated heterocycles. The molecule has 376 valence electrons. The summed E-state index contributed by atoms with van der Waals surface area (Å²) in [6, 6.07) is 4.67. The zero-order valence-electron chi connectivity index (χ0n) is 41.3. The summed E-state index contributed by atoms with van der Waals surface area (Å²) < 4.78 is 51.4. The number of hydrogen-bond donors (Lipinski definition) is 4. The number of non-ortho nitro benzene ring substituents is 1. The summed E-state index contributed by atoms with van der Waals surface area (Å²) in [7, 11) is 5.20. The van der Waals surface area contributed by atoms with Gasteiger partial charge >= 0.3 is 11.9 Å². The molecule has 4 N–H and O–H groups in total. The Hall–Kier alpha value is -3.37. The van der Waals surface area contributed by atoms with Crippen molar-refractivity contribution in [3.63, 3.8) is 0 Å². The van der Waals surface area contributed by atoms with Crippen LogP contribution >= 0.6 is 0 Å². The number of nitro benzene ring substituents is 1. The van der Waals surface area contributed by atoms with Crippen molar-refractivity contribution >= 4 is 23.5 Å². The lowest BCUT2D eigenvalue weighted by Crippen LogP contribution is -2.61. The van der Waals surface area contributed by atoms with E-state index < -0.39 is 119 Å². The Balaban J connectivity index is 1.80. The second-order valence-electron chi connectivity index (χ2n) is 19.5. The van der Waals surface area contributed by atoms with Gasteiger partial charge in [0.1, 0.15) is 23.4 Å². The SMILES string of the molecule is CCO[C@@]1(C)C[C@@H](C)NC(=O)[C@H](C)[C@@H](O)[C@](C)(O)[C@@H](CC)OC(=O)[C@H](C)[C@H](O[C@H]2C[C@@](C)(OC)[C@@H](OC(=O)Cc3ccc([N+](=O)[O-])cc3)[C@H](C)O2)[C@H](C)[C@H]1O[C@@H]1O[C@H](C)C[C@H](N(C)C)[C@H]1O. The summed E-state index contributed by atoms with van der Waals surface area (Å²) in [6.07, 6.45) is -9.86. The molecule has 66 heavy (non-hydrogen) atoms. The van der Waals surface area contributed by atoms with E-state index in [-0.39, 0.29) is 50.1 Å². The fourth-order valence-electron chi connectivity index (χ4n) is 10.0. The number of carbonyl (C=O) groups excluding carboxylic acids is 3. The van der Waals surface area contributed by atoms with Crippen LogP contribution in [0.1, 0.15) is 107 Å². The van der Waals surface area contributed by atoms with E-state index in [0.29, 0.717) is 12.0 Å². The zero-order valence-corrected chi connectivity index (χ0v) is 41.3. The van der Waals surface area contributed by atoms with Gasteiger partial charge in [0.2, 0.25) is 5.91 Å². The van der Waals surface area contributed by atoms with Crippen molar-refractivity contribution in [2.24, 2.45) is 17.8 Å². The highest BCUT2D eigenvalue weighted by Gasteiger charge is 2.54. The molecule has 0 unspecified atom stereocenters. The Morgan fingerprint density at radius 1 is 0.939 bits per heavy atom. The number of aliphatic hydroxyl groups is 3. The van der Waals surface area contributed by atoms with Crippen LogP contribution in [0.4, 0.5) is 5.69 Å². The summed E-state index contributed by atoms with van der Waals surface area (Å²) in [4.78, 5) is 54.2. The van der Waals surface area contributed by atoms with Gasteiger partial charge in [0.05, 0.1) is 59.3 Å². The van der Waals surface area contributed by atoms with Crippen LogP contribution in [0.25, 0.3) is 0 Å². The third kappa shape index (κ3) is 12.8. The lowest BCUT2D eigenvalue weighted by Gasteiger charge is -2.50. The molecular weight excluding hydrogens is 863 g/mol. The highest BCUT2D eigenvalue weighted by Crippen LogP contribution is 2.41. The molecule has 0 bridgehead atoms. The number of carbonyl (C=O) groups is 3. The minimum atomic E-state index is -2.06. The fraction of sp³-hybridized carbons (Fsp3) is 0.809. The second kappa shape index (κ2) is 22.8. The van der Waals surface area contributed by atoms with E-state index in [9.17, 15) is 39.8 Å². The molecule has 1 amide bonds. The number of amides is 1. The van der Waals surface area contributed by atoms with Crippen molar-refractivity contribution in [2.45, 2.75) is 199 Å². The van der Waals surface area contributed by atoms with Crippen molar-refractivity contribution in [1.29, 1.82) is 0 Å². The number of nitrogens with zero attached hydrogens (tertiary/aromatic N) is 2. The van der Waals surface area contributed by atoms with E-state index in [1.165, 1.54) is 45.2 Å². The molecule has 3 aliphatic rings. The molecule has 3 aliphatic heterocycles. The first-order valence-corrected chi connectivity index (χ1v) is 23.2. The number of cyclic esters (lactones) is 1. The molecule has 19 heteroatoms. The van der Waals surface area contributed by atoms with E-state index in [0.717, 1.165) is 0 Å². The Morgan fingerprint density at radius 2 is 1.58 bits per heavy atom. The van der Waals surface area contributed by atoms with Gasteiger partial charge < -0.3 is 63.4 Å². The molecule has 19 nitrogen and oxygen atoms in total. The Bertz CT molecular complexity index is 1780. The average Bonchev–Trinajstić information content (AvgIpc) is 3.24. The lowest BCUT2D eigenvalue weighted by atomic mass is 9.78. The van der Waals surface area contributed by atoms with Gasteiger partial charge in [0.15, 0.2) is 18.7 Å². The number of methoxy groups -OCH3 is 1. The lowest BCUT2D eigenvalue weighted by molar-refractivity contribution is -0.384. The fourth-order valence-corrected chi connectivity index (χ4v) is 10.0. The number of nitro groups is 1. The zero-order chi connectivity index (χ0) is 49.6. The first kappa shape index (κ1) is 55.2. The first-order valence-electron chi connectivity index (χ1n) is 23.2. The number of aliphatic hydroxyl groups excluding tert-OH is 2. The van der Waals surface area contributed by atoms with Crippen molar-refractivity contribution in [3.05, 3.63) is 39.9 Å². The second-order valence-corrected chi connectivity index (χ2v) is 19.5. The van der Waals surface area contributed by atoms with Crippen LogP contribution in [0.3, 0.4) is 0 Å². The van der Waals surface area contributed by atoms with E-state index in [1.54, 1.807) is 34.6 Å². The summed E-state index contributed by atoms with van der Waals surface area (Å²) in [5.41, 5.74) is -4.12. The van der Waals surface area contributed by atoms with E-state index in [2.05, 4.69) is 5.32 Å². The maximum Gasteiger partial charge on any atom is 0.311 e. The number of likely N-dealkylation sites (N-methyl/N-ethyl adjacent to an activating group) is 1. The van der Waals surface area contributed by atoms with Crippen molar-refractivity contribution in [2.75, 3.05) is 27.8 Å². The molecule has 0 spiro atoms. The monoisotopic (exact) mass is 940 g/mol. The third-order valence-corrected chi connectivity index (χ3v) is 13.9. The number of ether oxygens (including phenoxy) is 8. The van der Waals surface area contributed by atoms with Gasteiger partial charge in [0, 0.05) is 50.3 Å². The summed E-state index contributed by atoms with van der Waals surface area (Å²) in [5.74, 6) is -4.99. The Labute approximate surface area is 389 Å². The smallest absolute Gasteiger partial charge is 0.311 e. The molecular formula is C47H77N3O16. The van der Waals surface area contributed by atoms with Gasteiger partial charge in [-0.1, -0.05) is 32.9 Å². The van der Waals surface area contributed by atoms with Crippen LogP contribution in [0.15, 0.2) is 24.3 Å². The Morgan fingerprint density at radius 3 is 2.14 bits per heavy atom. The number of esters is 2. The van der Waals surface area contributed by atoms with Gasteiger partial charge in [-0.25, -0.2) is 0 Å². The van der Waals surface area contributed by atoms with E-state index in [4.69, 9.17) is 37.9 Å². The molecule has 0 saturated carbocycles. The molecule has 3 fully saturated rings. The van der Waals surface area contributed by atoms with Gasteiger partial charge in [-0.3, -0.25) is 24.5 Å². The number of rotatable bonds is 13. The van der Waals surface area contributed by atoms with Gasteiger partial charge in [-0.2, -0.15) is 0 Å². The molecule has 18 atom stereocenters. The standard InChI is InChI=1S/C47H77N3O16/c1-15-34-47(11,56)39(53)29(7)42(54)48-25(3)23-46(10,60-16-2)40(66-44-37(52)33(49(12)13)21-26(4)61-44)27(5)38(28(6)43(55)63-34)65-36-24-45(9,59-14)41(30(8)62-36)64-35(51)22-31-17-19-32(20-18-31)50(57)58/h17-20,25-30,33-34,36-41,44,52-53,56H,15-16,21-24H2,1-14H3,(H,48,54)/t25-,26-,27+,28-,29-,30+,33+,34-,36+,37-,38-,39-,40-,41+,44+,45-,46+,47-/m1/s1. The molecule has 0 radical (unpaired) electrons. The minimum absolute atomic E-state index is 0.00841. The quantitative estimate of drug-likeness (QED) is 0.125. The summed E-state index contributed by atoms with van der Waals surface area (Å²) in [6.45, 7) is 18.9. The molecule has 1 aromatic carbocycles. The number of hydrogen-bond acceptors (Lipinski definition) is 17. The molecule has 1 aromatic rings. The highest BCUT2D eigenvalue weighted by molar-refractivity contribution is 5.79. The minimum Gasteiger partial charge on any atom is -0.459 e. The predicted octanol–water partition coefficient (Wildman–Crippen LogP) is 3.83. The maximum atomic E-state index is 14.6. The molecule has 4 rings (SSSR count). The van der Waals surface area contributed by atoms with Crippen LogP contribution in [0.5, 0.6) is 0 Å². The van der Waals surface area contributed by atoms with Crippen LogP contribution in [0.2, 0.25) is 0 Å². The number of nitrogens with one attached hydrogen (secondary N) is 1. The third-order valence-electron chi connectivity index (χ3n) is 13.9. The molecule has 0 aromatic heterocycles. The Kier molecular flexibility index (Phi) is 19.1. The van der Waals surface area contributed by atoms with Crippen molar-refractivity contribution < 1.29 is 72.5 Å². The summed E-state index contributed by atoms with van der Waals surface area (Å²) >= 11 is 0. The predicted molar refractivity (Wildman–Crippen MR) is 240 cm³/mol. The normalized spacial score (nSPS) is 41.0. The number of benzene rings is 1. The van der Waals surface area contributed by atoms with Crippen LogP contribution in [0, 0.1) is 27.9 Å². The van der Waals surface area contributed by atoms with Gasteiger partial charge in [-0.05, 0) is 94.3 Å². The maximum absolute atomic E-state index is 14.6. The van der Waals surface area contributed by atoms with Crippen LogP contribution in [-0.2, 0) is 58.7 Å². The van der Waals surface area contributed by atoms with Gasteiger partial charge in [0.25, 0.3) is 5.69 Å². The molecule has 3 heterocycles. The largest absolute Gasteiger partial charge is 0.459 e. The van der Waals surface area contributed by atoms with Crippen molar-refractivity contribution in [1.82, 2.24) is 10.2 Å².